The Kier molecular flexibility index (Phi) is 4.01. The first-order valence-corrected chi connectivity index (χ1v) is 8.93. The van der Waals surface area contributed by atoms with Crippen LogP contribution >= 0.6 is 0 Å². The summed E-state index contributed by atoms with van der Waals surface area (Å²) in [7, 11) is -1.86. The van der Waals surface area contributed by atoms with Gasteiger partial charge in [0.2, 0.25) is 10.0 Å². The highest BCUT2D eigenvalue weighted by atomic mass is 32.2. The molecule has 8 heteroatoms. The second-order valence-electron chi connectivity index (χ2n) is 6.13. The molecule has 0 aromatic heterocycles. The van der Waals surface area contributed by atoms with Gasteiger partial charge < -0.3 is 0 Å². The van der Waals surface area contributed by atoms with Gasteiger partial charge in [0.1, 0.15) is 13.9 Å². The zero-order valence-electron chi connectivity index (χ0n) is 12.4. The van der Waals surface area contributed by atoms with Crippen molar-refractivity contribution in [3.05, 3.63) is 24.3 Å². The average molecular weight is 322 g/mol. The van der Waals surface area contributed by atoms with Crippen molar-refractivity contribution in [3.8, 4) is 0 Å². The number of rotatable bonds is 3. The Labute approximate surface area is 130 Å². The third kappa shape index (κ3) is 2.45. The van der Waals surface area contributed by atoms with Crippen LogP contribution in [0.2, 0.25) is 0 Å². The molecular weight excluding hydrogens is 303 g/mol. The van der Waals surface area contributed by atoms with Crippen LogP contribution in [0.3, 0.4) is 0 Å². The van der Waals surface area contributed by atoms with Crippen molar-refractivity contribution in [2.75, 3.05) is 0 Å². The van der Waals surface area contributed by atoms with E-state index >= 15 is 0 Å². The van der Waals surface area contributed by atoms with Gasteiger partial charge >= 0.3 is 0 Å². The molecule has 118 valence electrons. The predicted molar refractivity (Wildman–Crippen MR) is 83.1 cm³/mol. The SMILES string of the molecule is Bc1ccc(S(=O)(=O)N2[C@@H](C(=O)NO)C[C@H]3CCC[C@H]32)cc1. The molecule has 1 aromatic rings. The van der Waals surface area contributed by atoms with Gasteiger partial charge in [0.25, 0.3) is 5.91 Å². The van der Waals surface area contributed by atoms with E-state index in [4.69, 9.17) is 5.21 Å². The van der Waals surface area contributed by atoms with E-state index in [1.807, 2.05) is 7.85 Å². The zero-order chi connectivity index (χ0) is 15.9. The van der Waals surface area contributed by atoms with E-state index in [2.05, 4.69) is 0 Å². The fourth-order valence-corrected chi connectivity index (χ4v) is 5.60. The number of hydrogen-bond acceptors (Lipinski definition) is 4. The van der Waals surface area contributed by atoms with E-state index in [1.165, 1.54) is 4.31 Å². The molecule has 2 aliphatic rings. The summed E-state index contributed by atoms with van der Waals surface area (Å²) in [5.74, 6) is -0.451. The summed E-state index contributed by atoms with van der Waals surface area (Å²) in [5.41, 5.74) is 2.59. The van der Waals surface area contributed by atoms with Gasteiger partial charge in [-0.3, -0.25) is 10.0 Å². The van der Waals surface area contributed by atoms with Crippen LogP contribution < -0.4 is 10.9 Å². The standard InChI is InChI=1S/C14H19BN2O4S/c15-10-4-6-11(7-5-10)22(20,21)17-12-3-1-2-9(12)8-13(17)14(18)16-19/h4-7,9,12-13,19H,1-3,8,15H2,(H,16,18)/t9-,12-,13-/m1/s1. The molecule has 0 bridgehead atoms. The number of nitrogens with one attached hydrogen (secondary N) is 1. The van der Waals surface area contributed by atoms with Crippen LogP contribution in [0.5, 0.6) is 0 Å². The molecule has 1 saturated heterocycles. The molecule has 2 N–H and O–H groups in total. The Balaban J connectivity index is 2.01. The predicted octanol–water partition coefficient (Wildman–Crippen LogP) is -0.618. The monoisotopic (exact) mass is 322 g/mol. The smallest absolute Gasteiger partial charge is 0.261 e. The molecule has 0 spiro atoms. The lowest BCUT2D eigenvalue weighted by Crippen LogP contribution is -2.48. The molecule has 1 aliphatic heterocycles. The molecule has 3 atom stereocenters. The van der Waals surface area contributed by atoms with E-state index in [0.29, 0.717) is 6.42 Å². The maximum Gasteiger partial charge on any atom is 0.261 e. The number of sulfonamides is 1. The summed E-state index contributed by atoms with van der Waals surface area (Å²) < 4.78 is 27.3. The number of hydroxylamine groups is 1. The highest BCUT2D eigenvalue weighted by molar-refractivity contribution is 7.89. The van der Waals surface area contributed by atoms with E-state index < -0.39 is 22.0 Å². The van der Waals surface area contributed by atoms with E-state index in [0.717, 1.165) is 24.7 Å². The van der Waals surface area contributed by atoms with Gasteiger partial charge in [-0.25, -0.2) is 13.9 Å². The van der Waals surface area contributed by atoms with Crippen LogP contribution in [0.4, 0.5) is 0 Å². The lowest BCUT2D eigenvalue weighted by atomic mass is 9.97. The number of carbonyl (C=O) groups excluding carboxylic acids is 1. The summed E-state index contributed by atoms with van der Waals surface area (Å²) in [6.45, 7) is 0. The molecule has 2 fully saturated rings. The minimum atomic E-state index is -3.75. The quantitative estimate of drug-likeness (QED) is 0.441. The van der Waals surface area contributed by atoms with E-state index in [-0.39, 0.29) is 16.9 Å². The van der Waals surface area contributed by atoms with Crippen LogP contribution in [0.1, 0.15) is 25.7 Å². The lowest BCUT2D eigenvalue weighted by Gasteiger charge is -2.27. The van der Waals surface area contributed by atoms with Gasteiger partial charge in [-0.2, -0.15) is 4.31 Å². The highest BCUT2D eigenvalue weighted by Gasteiger charge is 2.51. The molecule has 6 nitrogen and oxygen atoms in total. The second-order valence-corrected chi connectivity index (χ2v) is 7.98. The Bertz CT molecular complexity index is 677. The number of hydrogen-bond donors (Lipinski definition) is 2. The van der Waals surface area contributed by atoms with E-state index in [1.54, 1.807) is 29.7 Å². The molecule has 22 heavy (non-hydrogen) atoms. The Hall–Kier alpha value is -1.38. The van der Waals surface area contributed by atoms with Crippen LogP contribution in [0.15, 0.2) is 29.2 Å². The molecule has 1 saturated carbocycles. The van der Waals surface area contributed by atoms with Gasteiger partial charge in [0.05, 0.1) is 4.90 Å². The number of benzene rings is 1. The minimum absolute atomic E-state index is 0.145. The Morgan fingerprint density at radius 1 is 1.27 bits per heavy atom. The van der Waals surface area contributed by atoms with Gasteiger partial charge in [0.15, 0.2) is 0 Å². The minimum Gasteiger partial charge on any atom is -0.289 e. The molecule has 0 radical (unpaired) electrons. The molecular formula is C14H19BN2O4S. The Morgan fingerprint density at radius 2 is 1.95 bits per heavy atom. The molecule has 1 aliphatic carbocycles. The van der Waals surface area contributed by atoms with Crippen molar-refractivity contribution >= 4 is 29.2 Å². The Morgan fingerprint density at radius 3 is 2.59 bits per heavy atom. The first-order valence-electron chi connectivity index (χ1n) is 7.49. The summed E-state index contributed by atoms with van der Waals surface area (Å²) in [6, 6.07) is 5.66. The third-order valence-electron chi connectivity index (χ3n) is 4.79. The summed E-state index contributed by atoms with van der Waals surface area (Å²) in [5, 5.41) is 8.93. The topological polar surface area (TPSA) is 86.7 Å². The number of nitrogens with zero attached hydrogens (tertiary/aromatic N) is 1. The molecule has 1 heterocycles. The van der Waals surface area contributed by atoms with Crippen LogP contribution in [0.25, 0.3) is 0 Å². The maximum absolute atomic E-state index is 13.0. The van der Waals surface area contributed by atoms with Crippen molar-refractivity contribution in [2.45, 2.75) is 42.7 Å². The van der Waals surface area contributed by atoms with Crippen molar-refractivity contribution in [1.82, 2.24) is 9.79 Å². The van der Waals surface area contributed by atoms with Crippen LogP contribution in [-0.2, 0) is 14.8 Å². The molecule has 1 aromatic carbocycles. The number of fused-ring (bicyclic) bond motifs is 1. The number of amides is 1. The van der Waals surface area contributed by atoms with Crippen molar-refractivity contribution in [2.24, 2.45) is 5.92 Å². The van der Waals surface area contributed by atoms with Gasteiger partial charge in [0, 0.05) is 6.04 Å². The number of carbonyl (C=O) groups is 1. The molecule has 1 amide bonds. The van der Waals surface area contributed by atoms with Crippen LogP contribution in [-0.4, -0.2) is 43.8 Å². The van der Waals surface area contributed by atoms with E-state index in [9.17, 15) is 13.2 Å². The molecule has 3 rings (SSSR count). The normalized spacial score (nSPS) is 28.5. The van der Waals surface area contributed by atoms with Gasteiger partial charge in [-0.15, -0.1) is 0 Å². The summed E-state index contributed by atoms with van der Waals surface area (Å²) in [4.78, 5) is 12.1. The van der Waals surface area contributed by atoms with Crippen molar-refractivity contribution in [3.63, 3.8) is 0 Å². The lowest BCUT2D eigenvalue weighted by molar-refractivity contribution is -0.132. The third-order valence-corrected chi connectivity index (χ3v) is 6.74. The fraction of sp³-hybridized carbons (Fsp3) is 0.500. The zero-order valence-corrected chi connectivity index (χ0v) is 13.2. The van der Waals surface area contributed by atoms with Crippen molar-refractivity contribution < 1.29 is 18.4 Å². The van der Waals surface area contributed by atoms with Crippen molar-refractivity contribution in [1.29, 1.82) is 0 Å². The summed E-state index contributed by atoms with van der Waals surface area (Å²) >= 11 is 0. The average Bonchev–Trinajstić information content (AvgIpc) is 3.06. The summed E-state index contributed by atoms with van der Waals surface area (Å²) in [6.07, 6.45) is 3.15. The molecule has 0 unspecified atom stereocenters. The largest absolute Gasteiger partial charge is 0.289 e. The second kappa shape index (κ2) is 5.68. The van der Waals surface area contributed by atoms with Gasteiger partial charge in [-0.1, -0.05) is 24.0 Å². The maximum atomic E-state index is 13.0. The van der Waals surface area contributed by atoms with Gasteiger partial charge in [-0.05, 0) is 37.3 Å². The highest BCUT2D eigenvalue weighted by Crippen LogP contribution is 2.44. The fourth-order valence-electron chi connectivity index (χ4n) is 3.72. The van der Waals surface area contributed by atoms with Crippen LogP contribution in [0, 0.1) is 5.92 Å². The first kappa shape index (κ1) is 15.5. The first-order chi connectivity index (χ1) is 10.4.